The van der Waals surface area contributed by atoms with Crippen LogP contribution in [0.2, 0.25) is 0 Å². The second-order valence-electron chi connectivity index (χ2n) is 2.40. The molecular weight excluding hydrogens is 268 g/mol. The normalized spacial score (nSPS) is 28.2. The van der Waals surface area contributed by atoms with Gasteiger partial charge >= 0.3 is 0 Å². The monoisotopic (exact) mass is 278 g/mol. The van der Waals surface area contributed by atoms with Crippen LogP contribution < -0.4 is 0 Å². The van der Waals surface area contributed by atoms with E-state index in [0.717, 1.165) is 24.3 Å². The van der Waals surface area contributed by atoms with Gasteiger partial charge in [0.1, 0.15) is 0 Å². The Morgan fingerprint density at radius 1 is 1.18 bits per heavy atom. The van der Waals surface area contributed by atoms with Crippen molar-refractivity contribution in [1.82, 2.24) is 0 Å². The predicted octanol–water partition coefficient (Wildman–Crippen LogP) is 3.80. The van der Waals surface area contributed by atoms with E-state index in [-0.39, 0.29) is 19.5 Å². The number of allylic oxidation sites excluding steroid dienone is 4. The van der Waals surface area contributed by atoms with E-state index in [2.05, 4.69) is 6.08 Å². The Hall–Kier alpha value is 0.683. The molecule has 0 aromatic carbocycles. The van der Waals surface area contributed by atoms with E-state index >= 15 is 0 Å². The Labute approximate surface area is 90.4 Å². The van der Waals surface area contributed by atoms with Crippen molar-refractivity contribution in [2.45, 2.75) is 25.7 Å². The molecule has 0 bridgehead atoms. The smallest absolute Gasteiger partial charge is 0.0547 e. The standard InChI is InChI=1S/C8H10Cl2.Ru/c9-7-5-3-1-2-4-6-8(7)10;/h3,5H,1-2,4,6H2;/b5-3-,8-7-;. The van der Waals surface area contributed by atoms with Gasteiger partial charge in [-0.3, -0.25) is 0 Å². The van der Waals surface area contributed by atoms with E-state index < -0.39 is 0 Å². The first-order valence-corrected chi connectivity index (χ1v) is 4.27. The van der Waals surface area contributed by atoms with Crippen LogP contribution in [-0.2, 0) is 19.5 Å². The summed E-state index contributed by atoms with van der Waals surface area (Å²) in [6, 6.07) is 0. The van der Waals surface area contributed by atoms with E-state index in [4.69, 9.17) is 23.2 Å². The maximum Gasteiger partial charge on any atom is 0.0547 e. The molecule has 0 amide bonds. The molecule has 64 valence electrons. The van der Waals surface area contributed by atoms with Crippen LogP contribution in [0.15, 0.2) is 22.2 Å². The van der Waals surface area contributed by atoms with Crippen molar-refractivity contribution in [2.24, 2.45) is 0 Å². The molecule has 0 unspecified atom stereocenters. The Morgan fingerprint density at radius 3 is 2.64 bits per heavy atom. The molecule has 0 saturated carbocycles. The summed E-state index contributed by atoms with van der Waals surface area (Å²) in [5, 5.41) is 1.51. The van der Waals surface area contributed by atoms with Gasteiger partial charge in [0.05, 0.1) is 5.03 Å². The van der Waals surface area contributed by atoms with Gasteiger partial charge < -0.3 is 0 Å². The molecule has 1 aliphatic carbocycles. The number of rotatable bonds is 0. The van der Waals surface area contributed by atoms with Crippen LogP contribution in [0.5, 0.6) is 0 Å². The van der Waals surface area contributed by atoms with E-state index in [9.17, 15) is 0 Å². The molecule has 11 heavy (non-hydrogen) atoms. The number of hydrogen-bond donors (Lipinski definition) is 0. The minimum atomic E-state index is 0. The van der Waals surface area contributed by atoms with E-state index in [0.29, 0.717) is 5.03 Å². The van der Waals surface area contributed by atoms with Crippen molar-refractivity contribution in [2.75, 3.05) is 0 Å². The molecule has 1 aliphatic rings. The first-order valence-electron chi connectivity index (χ1n) is 3.51. The van der Waals surface area contributed by atoms with Crippen molar-refractivity contribution in [1.29, 1.82) is 0 Å². The van der Waals surface area contributed by atoms with Crippen molar-refractivity contribution in [3.05, 3.63) is 22.2 Å². The summed E-state index contributed by atoms with van der Waals surface area (Å²) < 4.78 is 0. The quantitative estimate of drug-likeness (QED) is 0.591. The van der Waals surface area contributed by atoms with Gasteiger partial charge in [0.15, 0.2) is 0 Å². The fraction of sp³-hybridized carbons (Fsp3) is 0.500. The van der Waals surface area contributed by atoms with Gasteiger partial charge in [-0.05, 0) is 31.8 Å². The maximum atomic E-state index is 5.84. The van der Waals surface area contributed by atoms with Gasteiger partial charge in [0, 0.05) is 24.5 Å². The van der Waals surface area contributed by atoms with Crippen molar-refractivity contribution in [3.63, 3.8) is 0 Å². The summed E-state index contributed by atoms with van der Waals surface area (Å²) in [5.41, 5.74) is 0. The Balaban J connectivity index is 0.000001000. The Kier molecular flexibility index (Phi) is 6.61. The second kappa shape index (κ2) is 6.23. The third-order valence-electron chi connectivity index (χ3n) is 1.54. The van der Waals surface area contributed by atoms with Gasteiger partial charge in [0.2, 0.25) is 0 Å². The summed E-state index contributed by atoms with van der Waals surface area (Å²) in [6.07, 6.45) is 8.40. The largest absolute Gasteiger partial charge is 0.0875 e. The minimum absolute atomic E-state index is 0. The average molecular weight is 278 g/mol. The van der Waals surface area contributed by atoms with Crippen molar-refractivity contribution in [3.8, 4) is 0 Å². The third kappa shape index (κ3) is 4.30. The van der Waals surface area contributed by atoms with Crippen LogP contribution in [0.25, 0.3) is 0 Å². The fourth-order valence-electron chi connectivity index (χ4n) is 0.939. The zero-order valence-electron chi connectivity index (χ0n) is 6.09. The molecule has 0 fully saturated rings. The molecular formula is C8H10Cl2Ru. The topological polar surface area (TPSA) is 0 Å². The number of halogens is 2. The molecule has 0 atom stereocenters. The molecule has 3 heteroatoms. The Bertz CT molecular complexity index is 173. The van der Waals surface area contributed by atoms with Crippen molar-refractivity contribution >= 4 is 23.2 Å². The number of hydrogen-bond acceptors (Lipinski definition) is 0. The SMILES string of the molecule is ClC1=C(\Cl)CCCC/C=C\1.[Ru]. The van der Waals surface area contributed by atoms with Gasteiger partial charge in [-0.25, -0.2) is 0 Å². The zero-order valence-corrected chi connectivity index (χ0v) is 9.34. The minimum Gasteiger partial charge on any atom is -0.0875 e. The van der Waals surface area contributed by atoms with Gasteiger partial charge in [-0.15, -0.1) is 0 Å². The molecule has 0 aromatic rings. The van der Waals surface area contributed by atoms with Crippen molar-refractivity contribution < 1.29 is 19.5 Å². The van der Waals surface area contributed by atoms with Crippen LogP contribution in [0.3, 0.4) is 0 Å². The van der Waals surface area contributed by atoms with Gasteiger partial charge in [-0.2, -0.15) is 0 Å². The fourth-order valence-corrected chi connectivity index (χ4v) is 1.32. The van der Waals surface area contributed by atoms with Crippen LogP contribution in [0.4, 0.5) is 0 Å². The molecule has 0 aliphatic heterocycles. The van der Waals surface area contributed by atoms with Gasteiger partial charge in [0.25, 0.3) is 0 Å². The van der Waals surface area contributed by atoms with E-state index in [1.807, 2.05) is 6.08 Å². The zero-order chi connectivity index (χ0) is 7.40. The summed E-state index contributed by atoms with van der Waals surface area (Å²) in [4.78, 5) is 0. The molecule has 0 radical (unpaired) electrons. The molecule has 0 nitrogen and oxygen atoms in total. The van der Waals surface area contributed by atoms with Crippen LogP contribution >= 0.6 is 23.2 Å². The molecule has 1 rings (SSSR count). The van der Waals surface area contributed by atoms with Gasteiger partial charge in [-0.1, -0.05) is 29.3 Å². The average Bonchev–Trinajstić information content (AvgIpc) is 1.92. The Morgan fingerprint density at radius 2 is 1.91 bits per heavy atom. The first kappa shape index (κ1) is 11.7. The molecule has 0 spiro atoms. The third-order valence-corrected chi connectivity index (χ3v) is 2.38. The van der Waals surface area contributed by atoms with Crippen LogP contribution in [0.1, 0.15) is 25.7 Å². The molecule has 0 heterocycles. The first-order chi connectivity index (χ1) is 4.80. The summed E-state index contributed by atoms with van der Waals surface area (Å²) in [7, 11) is 0. The van der Waals surface area contributed by atoms with Crippen LogP contribution in [0, 0.1) is 0 Å². The molecule has 0 saturated heterocycles. The summed E-state index contributed by atoms with van der Waals surface area (Å²) in [5.74, 6) is 0. The van der Waals surface area contributed by atoms with E-state index in [1.54, 1.807) is 0 Å². The summed E-state index contributed by atoms with van der Waals surface area (Å²) in [6.45, 7) is 0. The molecule has 0 aromatic heterocycles. The second-order valence-corrected chi connectivity index (χ2v) is 3.26. The van der Waals surface area contributed by atoms with E-state index in [1.165, 1.54) is 6.42 Å². The molecule has 0 N–H and O–H groups in total. The predicted molar refractivity (Wildman–Crippen MR) is 46.3 cm³/mol. The maximum absolute atomic E-state index is 5.84. The summed E-state index contributed by atoms with van der Waals surface area (Å²) >= 11 is 11.6. The van der Waals surface area contributed by atoms with Crippen LogP contribution in [-0.4, -0.2) is 0 Å².